The van der Waals surface area contributed by atoms with Crippen LogP contribution in [-0.4, -0.2) is 80.6 Å². The summed E-state index contributed by atoms with van der Waals surface area (Å²) in [5, 5.41) is 10.7. The lowest BCUT2D eigenvalue weighted by molar-refractivity contribution is -0.156. The van der Waals surface area contributed by atoms with Gasteiger partial charge in [0.25, 0.3) is 0 Å². The van der Waals surface area contributed by atoms with Crippen molar-refractivity contribution in [3.05, 3.63) is 61.2 Å². The number of fused-ring (bicyclic) bond motifs is 1. The number of hydrogen-bond acceptors (Lipinski definition) is 6. The molecule has 41 heavy (non-hydrogen) atoms. The fourth-order valence-electron chi connectivity index (χ4n) is 7.15. The Morgan fingerprint density at radius 2 is 1.95 bits per heavy atom. The number of thioether (sulfide) groups is 1. The van der Waals surface area contributed by atoms with Crippen LogP contribution in [0.1, 0.15) is 64.4 Å². The number of amides is 2. The van der Waals surface area contributed by atoms with Gasteiger partial charge in [0.15, 0.2) is 0 Å². The maximum Gasteiger partial charge on any atom is 0.311 e. The van der Waals surface area contributed by atoms with E-state index in [1.807, 2.05) is 36.4 Å². The van der Waals surface area contributed by atoms with Crippen molar-refractivity contribution in [3.8, 4) is 0 Å². The smallest absolute Gasteiger partial charge is 0.311 e. The molecule has 2 bridgehead atoms. The van der Waals surface area contributed by atoms with Crippen LogP contribution >= 0.6 is 11.8 Å². The number of carbonyl (C=O) groups is 3. The van der Waals surface area contributed by atoms with Crippen LogP contribution < -0.4 is 0 Å². The highest BCUT2D eigenvalue weighted by Gasteiger charge is 2.78. The van der Waals surface area contributed by atoms with Gasteiger partial charge < -0.3 is 19.6 Å². The summed E-state index contributed by atoms with van der Waals surface area (Å²) in [5.41, 5.74) is 0.980. The highest BCUT2D eigenvalue weighted by Crippen LogP contribution is 2.71. The predicted molar refractivity (Wildman–Crippen MR) is 163 cm³/mol. The number of hydrogen-bond donors (Lipinski definition) is 1. The molecule has 0 radical (unpaired) electrons. The Hall–Kier alpha value is -2.58. The summed E-state index contributed by atoms with van der Waals surface area (Å²) in [4.78, 5) is 46.2. The lowest BCUT2D eigenvalue weighted by Crippen LogP contribution is -2.58. The zero-order chi connectivity index (χ0) is 29.6. The van der Waals surface area contributed by atoms with E-state index in [0.717, 1.165) is 44.1 Å². The van der Waals surface area contributed by atoms with Gasteiger partial charge in [-0.05, 0) is 57.4 Å². The highest BCUT2D eigenvalue weighted by molar-refractivity contribution is 8.02. The van der Waals surface area contributed by atoms with E-state index in [0.29, 0.717) is 32.5 Å². The molecular weight excluding hydrogens is 536 g/mol. The Bertz CT molecular complexity index is 1110. The minimum atomic E-state index is -0.769. The fraction of sp³-hybridized carbons (Fsp3) is 0.606. The average molecular weight is 583 g/mol. The first-order valence-corrected chi connectivity index (χ1v) is 15.9. The average Bonchev–Trinajstić information content (AvgIpc) is 3.54. The Balaban J connectivity index is 1.72. The van der Waals surface area contributed by atoms with E-state index in [1.165, 1.54) is 0 Å². The first kappa shape index (κ1) is 31.4. The molecule has 2 unspecified atom stereocenters. The topological polar surface area (TPSA) is 87.1 Å². The zero-order valence-electron chi connectivity index (χ0n) is 24.6. The molecule has 0 saturated carbocycles. The SMILES string of the molecule is C=CCCCCOC(=O)[C@H]1[C@H]2C(=O)N([C@@H](CO)Cc3ccccc3)C(C(=O)N(CC=C)CCCC)C23CC[C@]1(C)S3. The second-order valence-electron chi connectivity index (χ2n) is 11.9. The van der Waals surface area contributed by atoms with E-state index in [4.69, 9.17) is 4.74 Å². The highest BCUT2D eigenvalue weighted by atomic mass is 32.2. The molecule has 3 fully saturated rings. The van der Waals surface area contributed by atoms with Crippen LogP contribution in [0.25, 0.3) is 0 Å². The first-order valence-electron chi connectivity index (χ1n) is 15.1. The van der Waals surface area contributed by atoms with E-state index in [9.17, 15) is 19.5 Å². The second-order valence-corrected chi connectivity index (χ2v) is 13.8. The lowest BCUT2D eigenvalue weighted by Gasteiger charge is -2.39. The molecule has 8 heteroatoms. The van der Waals surface area contributed by atoms with Gasteiger partial charge in [0, 0.05) is 17.8 Å². The number of rotatable bonds is 16. The molecule has 0 aliphatic carbocycles. The molecule has 3 heterocycles. The fourth-order valence-corrected chi connectivity index (χ4v) is 9.48. The van der Waals surface area contributed by atoms with Crippen molar-refractivity contribution in [2.45, 2.75) is 86.8 Å². The predicted octanol–water partition coefficient (Wildman–Crippen LogP) is 4.79. The third-order valence-corrected chi connectivity index (χ3v) is 11.1. The monoisotopic (exact) mass is 582 g/mol. The van der Waals surface area contributed by atoms with E-state index in [2.05, 4.69) is 27.0 Å². The van der Waals surface area contributed by atoms with Crippen molar-refractivity contribution in [3.63, 3.8) is 0 Å². The van der Waals surface area contributed by atoms with Crippen LogP contribution in [0.2, 0.25) is 0 Å². The molecule has 224 valence electrons. The van der Waals surface area contributed by atoms with Crippen LogP contribution in [0, 0.1) is 11.8 Å². The normalized spacial score (nSPS) is 28.8. The quantitative estimate of drug-likeness (QED) is 0.171. The summed E-state index contributed by atoms with van der Waals surface area (Å²) >= 11 is 1.64. The van der Waals surface area contributed by atoms with Gasteiger partial charge in [-0.15, -0.1) is 24.9 Å². The molecule has 7 nitrogen and oxygen atoms in total. The van der Waals surface area contributed by atoms with E-state index >= 15 is 0 Å². The number of benzene rings is 1. The Labute approximate surface area is 249 Å². The number of ether oxygens (including phenoxy) is 1. The molecule has 3 saturated heterocycles. The van der Waals surface area contributed by atoms with Crippen LogP contribution in [0.4, 0.5) is 0 Å². The summed E-state index contributed by atoms with van der Waals surface area (Å²) < 4.78 is 4.55. The standard InChI is InChI=1S/C33H46N2O5S/c1-5-8-10-14-21-40-31(39)27-26-29(37)35(25(23-36)22-24-15-12-11-13-16-24)28(33(26)18-17-32(27,4)41-33)30(38)34(19-7-3)20-9-6-2/h5,7,11-13,15-16,25-28,36H,1,3,6,8-10,14,17-23H2,2,4H3/t25-,26+,27-,28?,32+,33?/m1/s1. The Kier molecular flexibility index (Phi) is 10.4. The van der Waals surface area contributed by atoms with Gasteiger partial charge >= 0.3 is 5.97 Å². The molecule has 2 amide bonds. The van der Waals surface area contributed by atoms with E-state index in [-0.39, 0.29) is 24.4 Å². The van der Waals surface area contributed by atoms with Crippen LogP contribution in [0.15, 0.2) is 55.6 Å². The number of aliphatic hydroxyl groups excluding tert-OH is 1. The minimum absolute atomic E-state index is 0.115. The largest absolute Gasteiger partial charge is 0.465 e. The van der Waals surface area contributed by atoms with Crippen molar-refractivity contribution >= 4 is 29.5 Å². The summed E-state index contributed by atoms with van der Waals surface area (Å²) in [6.45, 7) is 12.8. The zero-order valence-corrected chi connectivity index (χ0v) is 25.4. The lowest BCUT2D eigenvalue weighted by atomic mass is 9.66. The molecular formula is C33H46N2O5S. The van der Waals surface area contributed by atoms with Crippen molar-refractivity contribution in [2.75, 3.05) is 26.3 Å². The molecule has 6 atom stereocenters. The molecule has 1 aromatic carbocycles. The molecule has 0 aromatic heterocycles. The third kappa shape index (κ3) is 6.00. The molecule has 1 spiro atoms. The van der Waals surface area contributed by atoms with Gasteiger partial charge in [0.1, 0.15) is 6.04 Å². The maximum atomic E-state index is 14.5. The summed E-state index contributed by atoms with van der Waals surface area (Å²) in [6, 6.07) is 8.38. The van der Waals surface area contributed by atoms with Crippen molar-refractivity contribution in [1.29, 1.82) is 0 Å². The number of esters is 1. The molecule has 4 rings (SSSR count). The number of carbonyl (C=O) groups excluding carboxylic acids is 3. The van der Waals surface area contributed by atoms with Crippen molar-refractivity contribution in [2.24, 2.45) is 11.8 Å². The number of aliphatic hydroxyl groups is 1. The van der Waals surface area contributed by atoms with Gasteiger partial charge in [-0.2, -0.15) is 0 Å². The molecule has 1 N–H and O–H groups in total. The van der Waals surface area contributed by atoms with Crippen molar-refractivity contribution < 1.29 is 24.2 Å². The number of allylic oxidation sites excluding steroid dienone is 1. The summed E-state index contributed by atoms with van der Waals surface area (Å²) in [5.74, 6) is -1.97. The van der Waals surface area contributed by atoms with Crippen LogP contribution in [-0.2, 0) is 25.5 Å². The summed E-state index contributed by atoms with van der Waals surface area (Å²) in [6.07, 6.45) is 9.66. The molecule has 3 aliphatic rings. The minimum Gasteiger partial charge on any atom is -0.465 e. The van der Waals surface area contributed by atoms with Gasteiger partial charge in [-0.25, -0.2) is 0 Å². The van der Waals surface area contributed by atoms with Crippen LogP contribution in [0.3, 0.4) is 0 Å². The number of unbranched alkanes of at least 4 members (excludes halogenated alkanes) is 3. The third-order valence-electron chi connectivity index (χ3n) is 9.11. The van der Waals surface area contributed by atoms with E-state index in [1.54, 1.807) is 27.6 Å². The second kappa shape index (κ2) is 13.6. The molecule has 3 aliphatic heterocycles. The maximum absolute atomic E-state index is 14.5. The van der Waals surface area contributed by atoms with Gasteiger partial charge in [0.2, 0.25) is 11.8 Å². The number of likely N-dealkylation sites (tertiary alicyclic amines) is 1. The van der Waals surface area contributed by atoms with Gasteiger partial charge in [-0.3, -0.25) is 14.4 Å². The summed E-state index contributed by atoms with van der Waals surface area (Å²) in [7, 11) is 0. The van der Waals surface area contributed by atoms with Crippen molar-refractivity contribution in [1.82, 2.24) is 9.80 Å². The Morgan fingerprint density at radius 3 is 2.61 bits per heavy atom. The number of nitrogens with zero attached hydrogens (tertiary/aromatic N) is 2. The van der Waals surface area contributed by atoms with Crippen LogP contribution in [0.5, 0.6) is 0 Å². The Morgan fingerprint density at radius 1 is 1.20 bits per heavy atom. The van der Waals surface area contributed by atoms with Gasteiger partial charge in [-0.1, -0.05) is 55.8 Å². The van der Waals surface area contributed by atoms with E-state index < -0.39 is 33.4 Å². The first-order chi connectivity index (χ1) is 19.8. The molecule has 1 aromatic rings. The van der Waals surface area contributed by atoms with Gasteiger partial charge in [0.05, 0.1) is 35.8 Å².